The number of halogens is 2. The Kier molecular flexibility index (Phi) is 3.86. The van der Waals surface area contributed by atoms with Crippen molar-refractivity contribution in [2.75, 3.05) is 10.5 Å². The second-order valence-electron chi connectivity index (χ2n) is 4.39. The zero-order chi connectivity index (χ0) is 15.8. The number of hydrogen-bond acceptors (Lipinski definition) is 4. The molecule has 0 bridgehead atoms. The van der Waals surface area contributed by atoms with E-state index in [2.05, 4.69) is 5.10 Å². The third-order valence-electron chi connectivity index (χ3n) is 2.89. The number of aryl methyl sites for hydroxylation is 2. The summed E-state index contributed by atoms with van der Waals surface area (Å²) in [5, 5.41) is 3.79. The molecule has 0 radical (unpaired) electrons. The maximum Gasteiger partial charge on any atom is 0.267 e. The minimum absolute atomic E-state index is 0.117. The van der Waals surface area contributed by atoms with Crippen molar-refractivity contribution in [2.24, 2.45) is 0 Å². The van der Waals surface area contributed by atoms with Gasteiger partial charge in [-0.2, -0.15) is 5.10 Å². The number of anilines is 2. The summed E-state index contributed by atoms with van der Waals surface area (Å²) in [7, 11) is -4.23. The first-order chi connectivity index (χ1) is 9.76. The van der Waals surface area contributed by atoms with Gasteiger partial charge in [-0.1, -0.05) is 6.07 Å². The molecule has 21 heavy (non-hydrogen) atoms. The SMILES string of the molecule is CCn1cc(S(=O)(=O)Nc2c(F)ccc(C)c2F)c(N)n1. The lowest BCUT2D eigenvalue weighted by molar-refractivity contribution is 0.578. The molecule has 1 aromatic carbocycles. The van der Waals surface area contributed by atoms with E-state index in [0.29, 0.717) is 6.54 Å². The summed E-state index contributed by atoms with van der Waals surface area (Å²) in [6.07, 6.45) is 1.20. The van der Waals surface area contributed by atoms with Gasteiger partial charge in [0.15, 0.2) is 11.6 Å². The Bertz CT molecular complexity index is 787. The first kappa shape index (κ1) is 15.2. The standard InChI is InChI=1S/C12H14F2N4O2S/c1-3-18-6-9(12(15)16-18)21(19,20)17-11-8(13)5-4-7(2)10(11)14/h4-6,17H,3H2,1-2H3,(H2,15,16). The van der Waals surface area contributed by atoms with Crippen LogP contribution in [0.1, 0.15) is 12.5 Å². The Morgan fingerprint density at radius 3 is 2.62 bits per heavy atom. The average molecular weight is 316 g/mol. The predicted octanol–water partition coefficient (Wildman–Crippen LogP) is 1.87. The molecule has 3 N–H and O–H groups in total. The van der Waals surface area contributed by atoms with E-state index in [9.17, 15) is 17.2 Å². The number of nitrogens with two attached hydrogens (primary N) is 1. The van der Waals surface area contributed by atoms with Crippen LogP contribution in [-0.2, 0) is 16.6 Å². The highest BCUT2D eigenvalue weighted by Crippen LogP contribution is 2.26. The van der Waals surface area contributed by atoms with Crippen LogP contribution in [0.3, 0.4) is 0 Å². The molecular weight excluding hydrogens is 302 g/mol. The van der Waals surface area contributed by atoms with Crippen LogP contribution < -0.4 is 10.5 Å². The number of benzene rings is 1. The molecule has 0 aliphatic heterocycles. The highest BCUT2D eigenvalue weighted by atomic mass is 32.2. The Balaban J connectivity index is 2.47. The molecular formula is C12H14F2N4O2S. The largest absolute Gasteiger partial charge is 0.381 e. The Morgan fingerprint density at radius 2 is 2.05 bits per heavy atom. The van der Waals surface area contributed by atoms with E-state index >= 15 is 0 Å². The summed E-state index contributed by atoms with van der Waals surface area (Å²) < 4.78 is 55.1. The molecule has 1 aromatic heterocycles. The van der Waals surface area contributed by atoms with Gasteiger partial charge in [0.2, 0.25) is 0 Å². The first-order valence-corrected chi connectivity index (χ1v) is 7.55. The minimum atomic E-state index is -4.23. The number of nitrogens with one attached hydrogen (secondary N) is 1. The van der Waals surface area contributed by atoms with Gasteiger partial charge >= 0.3 is 0 Å². The Labute approximate surface area is 120 Å². The summed E-state index contributed by atoms with van der Waals surface area (Å²) in [6, 6.07) is 2.20. The van der Waals surface area contributed by atoms with E-state index in [1.807, 2.05) is 4.72 Å². The van der Waals surface area contributed by atoms with E-state index in [4.69, 9.17) is 5.73 Å². The van der Waals surface area contributed by atoms with Crippen LogP contribution >= 0.6 is 0 Å². The average Bonchev–Trinajstić information content (AvgIpc) is 2.81. The maximum absolute atomic E-state index is 13.9. The second-order valence-corrected chi connectivity index (χ2v) is 6.04. The molecule has 114 valence electrons. The van der Waals surface area contributed by atoms with Gasteiger partial charge in [-0.25, -0.2) is 17.2 Å². The molecule has 0 aliphatic carbocycles. The molecule has 9 heteroatoms. The quantitative estimate of drug-likeness (QED) is 0.901. The third kappa shape index (κ3) is 2.82. The van der Waals surface area contributed by atoms with Crippen molar-refractivity contribution in [3.8, 4) is 0 Å². The van der Waals surface area contributed by atoms with Gasteiger partial charge in [-0.05, 0) is 25.5 Å². The van der Waals surface area contributed by atoms with E-state index in [1.54, 1.807) is 6.92 Å². The van der Waals surface area contributed by atoms with Gasteiger partial charge in [0.05, 0.1) is 0 Å². The predicted molar refractivity (Wildman–Crippen MR) is 74.2 cm³/mol. The van der Waals surface area contributed by atoms with E-state index in [-0.39, 0.29) is 16.3 Å². The fourth-order valence-electron chi connectivity index (χ4n) is 1.73. The molecule has 0 spiro atoms. The fourth-order valence-corrected chi connectivity index (χ4v) is 2.87. The lowest BCUT2D eigenvalue weighted by Gasteiger charge is -2.10. The molecule has 0 aliphatic rings. The van der Waals surface area contributed by atoms with E-state index < -0.39 is 27.3 Å². The van der Waals surface area contributed by atoms with Crippen LogP contribution in [0.25, 0.3) is 0 Å². The van der Waals surface area contributed by atoms with Crippen molar-refractivity contribution in [1.82, 2.24) is 9.78 Å². The van der Waals surface area contributed by atoms with Crippen LogP contribution in [0.15, 0.2) is 23.2 Å². The van der Waals surface area contributed by atoms with Gasteiger partial charge in [0.25, 0.3) is 10.0 Å². The van der Waals surface area contributed by atoms with Crippen molar-refractivity contribution in [3.63, 3.8) is 0 Å². The molecule has 1 heterocycles. The summed E-state index contributed by atoms with van der Waals surface area (Å²) >= 11 is 0. The second kappa shape index (κ2) is 5.32. The minimum Gasteiger partial charge on any atom is -0.381 e. The molecule has 0 amide bonds. The van der Waals surface area contributed by atoms with Gasteiger partial charge in [-0.15, -0.1) is 0 Å². The molecule has 2 rings (SSSR count). The van der Waals surface area contributed by atoms with Crippen molar-refractivity contribution >= 4 is 21.5 Å². The summed E-state index contributed by atoms with van der Waals surface area (Å²) in [5.41, 5.74) is 4.90. The highest BCUT2D eigenvalue weighted by Gasteiger charge is 2.24. The Morgan fingerprint density at radius 1 is 1.38 bits per heavy atom. The van der Waals surface area contributed by atoms with Gasteiger partial charge in [0, 0.05) is 12.7 Å². The van der Waals surface area contributed by atoms with Gasteiger partial charge in [-0.3, -0.25) is 9.40 Å². The highest BCUT2D eigenvalue weighted by molar-refractivity contribution is 7.92. The van der Waals surface area contributed by atoms with Crippen molar-refractivity contribution in [1.29, 1.82) is 0 Å². The van der Waals surface area contributed by atoms with E-state index in [1.165, 1.54) is 23.9 Å². The van der Waals surface area contributed by atoms with Crippen LogP contribution in [-0.4, -0.2) is 18.2 Å². The number of nitrogens with zero attached hydrogens (tertiary/aromatic N) is 2. The summed E-state index contributed by atoms with van der Waals surface area (Å²) in [6.45, 7) is 3.55. The van der Waals surface area contributed by atoms with Crippen LogP contribution in [0.2, 0.25) is 0 Å². The van der Waals surface area contributed by atoms with Gasteiger partial charge in [0.1, 0.15) is 16.4 Å². The molecule has 2 aromatic rings. The fraction of sp³-hybridized carbons (Fsp3) is 0.250. The molecule has 0 fully saturated rings. The zero-order valence-electron chi connectivity index (χ0n) is 11.4. The molecule has 0 saturated carbocycles. The number of sulfonamides is 1. The maximum atomic E-state index is 13.9. The van der Waals surface area contributed by atoms with E-state index in [0.717, 1.165) is 6.07 Å². The topological polar surface area (TPSA) is 90.0 Å². The number of nitrogen functional groups attached to an aromatic ring is 1. The lowest BCUT2D eigenvalue weighted by atomic mass is 10.2. The van der Waals surface area contributed by atoms with Crippen LogP contribution in [0, 0.1) is 18.6 Å². The zero-order valence-corrected chi connectivity index (χ0v) is 12.2. The summed E-state index contributed by atoms with van der Waals surface area (Å²) in [5.74, 6) is -2.22. The molecule has 6 nitrogen and oxygen atoms in total. The van der Waals surface area contributed by atoms with Crippen molar-refractivity contribution in [2.45, 2.75) is 25.3 Å². The lowest BCUT2D eigenvalue weighted by Crippen LogP contribution is -2.16. The first-order valence-electron chi connectivity index (χ1n) is 6.06. The molecule has 0 saturated heterocycles. The number of rotatable bonds is 4. The summed E-state index contributed by atoms with van der Waals surface area (Å²) in [4.78, 5) is -0.329. The van der Waals surface area contributed by atoms with Crippen LogP contribution in [0.5, 0.6) is 0 Å². The number of hydrogen-bond donors (Lipinski definition) is 2. The molecule has 0 unspecified atom stereocenters. The van der Waals surface area contributed by atoms with Crippen LogP contribution in [0.4, 0.5) is 20.3 Å². The van der Waals surface area contributed by atoms with Gasteiger partial charge < -0.3 is 5.73 Å². The van der Waals surface area contributed by atoms with Crippen molar-refractivity contribution in [3.05, 3.63) is 35.5 Å². The third-order valence-corrected chi connectivity index (χ3v) is 4.26. The van der Waals surface area contributed by atoms with Crippen molar-refractivity contribution < 1.29 is 17.2 Å². The number of aromatic nitrogens is 2. The monoisotopic (exact) mass is 316 g/mol. The smallest absolute Gasteiger partial charge is 0.267 e. The molecule has 0 atom stereocenters. The Hall–Kier alpha value is -2.16. The normalized spacial score (nSPS) is 11.6.